The van der Waals surface area contributed by atoms with Crippen LogP contribution in [0.2, 0.25) is 0 Å². The maximum atomic E-state index is 12.6. The highest BCUT2D eigenvalue weighted by molar-refractivity contribution is 5.92. The molecular formula is C23H23F3N2O5. The largest absolute Gasteiger partial charge is 0.480 e. The Morgan fingerprint density at radius 3 is 2.00 bits per heavy atom. The van der Waals surface area contributed by atoms with E-state index in [2.05, 4.69) is 5.32 Å². The van der Waals surface area contributed by atoms with E-state index in [-0.39, 0.29) is 12.5 Å². The minimum Gasteiger partial charge on any atom is -0.480 e. The summed E-state index contributed by atoms with van der Waals surface area (Å²) in [5.41, 5.74) is 2.32. The first-order valence-electron chi connectivity index (χ1n) is 10.1. The lowest BCUT2D eigenvalue weighted by Crippen LogP contribution is -2.58. The number of hydrogen-bond acceptors (Lipinski definition) is 4. The molecule has 1 atom stereocenters. The zero-order valence-corrected chi connectivity index (χ0v) is 17.9. The van der Waals surface area contributed by atoms with Gasteiger partial charge in [-0.25, -0.2) is 9.59 Å². The number of aliphatic carboxylic acids is 1. The van der Waals surface area contributed by atoms with Crippen LogP contribution in [0.3, 0.4) is 0 Å². The van der Waals surface area contributed by atoms with Crippen LogP contribution in [-0.2, 0) is 14.3 Å². The maximum Gasteiger partial charge on any atom is 0.408 e. The van der Waals surface area contributed by atoms with Gasteiger partial charge in [-0.3, -0.25) is 4.79 Å². The normalized spacial score (nSPS) is 14.1. The van der Waals surface area contributed by atoms with Crippen LogP contribution in [0.4, 0.5) is 18.0 Å². The molecule has 176 valence electrons. The Bertz CT molecular complexity index is 1020. The quantitative estimate of drug-likeness (QED) is 0.578. The van der Waals surface area contributed by atoms with Crippen molar-refractivity contribution < 1.29 is 37.4 Å². The van der Waals surface area contributed by atoms with Crippen molar-refractivity contribution in [1.82, 2.24) is 10.6 Å². The molecule has 0 saturated heterocycles. The molecular weight excluding hydrogens is 441 g/mol. The molecule has 2 aromatic rings. The third-order valence-corrected chi connectivity index (χ3v) is 5.36. The van der Waals surface area contributed by atoms with Crippen molar-refractivity contribution in [3.63, 3.8) is 0 Å². The molecule has 0 saturated carbocycles. The van der Waals surface area contributed by atoms with Gasteiger partial charge in [0.2, 0.25) is 5.91 Å². The monoisotopic (exact) mass is 464 g/mol. The molecule has 7 nitrogen and oxygen atoms in total. The maximum absolute atomic E-state index is 12.6. The van der Waals surface area contributed by atoms with E-state index < -0.39 is 42.1 Å². The van der Waals surface area contributed by atoms with Crippen LogP contribution >= 0.6 is 0 Å². The molecule has 0 radical (unpaired) electrons. The Kier molecular flexibility index (Phi) is 6.66. The van der Waals surface area contributed by atoms with Gasteiger partial charge in [-0.1, -0.05) is 48.5 Å². The molecule has 2 aromatic carbocycles. The van der Waals surface area contributed by atoms with Gasteiger partial charge in [-0.15, -0.1) is 0 Å². The summed E-state index contributed by atoms with van der Waals surface area (Å²) in [6, 6.07) is 13.2. The fraction of sp³-hybridized carbons (Fsp3) is 0.348. The van der Waals surface area contributed by atoms with Crippen LogP contribution in [0.15, 0.2) is 48.5 Å². The van der Waals surface area contributed by atoms with Crippen molar-refractivity contribution in [1.29, 1.82) is 0 Å². The lowest BCUT2D eigenvalue weighted by atomic mass is 9.98. The molecule has 0 aliphatic heterocycles. The molecule has 0 heterocycles. The molecule has 3 rings (SSSR count). The summed E-state index contributed by atoms with van der Waals surface area (Å²) in [6.07, 6.45) is -7.49. The van der Waals surface area contributed by atoms with E-state index in [1.165, 1.54) is 13.8 Å². The van der Waals surface area contributed by atoms with Crippen LogP contribution in [-0.4, -0.2) is 47.4 Å². The van der Waals surface area contributed by atoms with Gasteiger partial charge in [0.15, 0.2) is 0 Å². The third kappa shape index (κ3) is 5.63. The average Bonchev–Trinajstić information content (AvgIpc) is 3.04. The number of hydrogen-bond donors (Lipinski definition) is 3. The number of ether oxygens (including phenoxy) is 1. The molecule has 0 fully saturated rings. The van der Waals surface area contributed by atoms with Gasteiger partial charge >= 0.3 is 18.2 Å². The van der Waals surface area contributed by atoms with Crippen molar-refractivity contribution >= 4 is 18.0 Å². The number of carbonyl (C=O) groups excluding carboxylic acids is 2. The van der Waals surface area contributed by atoms with Gasteiger partial charge in [-0.2, -0.15) is 13.2 Å². The predicted octanol–water partition coefficient (Wildman–Crippen LogP) is 3.83. The van der Waals surface area contributed by atoms with Gasteiger partial charge < -0.3 is 20.5 Å². The zero-order valence-electron chi connectivity index (χ0n) is 17.9. The molecule has 33 heavy (non-hydrogen) atoms. The number of benzene rings is 2. The van der Waals surface area contributed by atoms with Gasteiger partial charge in [0.1, 0.15) is 18.2 Å². The smallest absolute Gasteiger partial charge is 0.408 e. The number of amides is 2. The van der Waals surface area contributed by atoms with E-state index >= 15 is 0 Å². The van der Waals surface area contributed by atoms with Gasteiger partial charge in [-0.05, 0) is 36.1 Å². The third-order valence-electron chi connectivity index (χ3n) is 5.36. The first-order chi connectivity index (χ1) is 15.4. The van der Waals surface area contributed by atoms with Gasteiger partial charge in [0.05, 0.1) is 6.42 Å². The number of nitrogens with one attached hydrogen (secondary N) is 2. The predicted molar refractivity (Wildman–Crippen MR) is 113 cm³/mol. The highest BCUT2D eigenvalue weighted by Gasteiger charge is 2.39. The second kappa shape index (κ2) is 9.13. The molecule has 2 amide bonds. The van der Waals surface area contributed by atoms with Crippen LogP contribution in [0.25, 0.3) is 11.1 Å². The van der Waals surface area contributed by atoms with Crippen molar-refractivity contribution in [3.05, 3.63) is 59.7 Å². The van der Waals surface area contributed by atoms with E-state index in [9.17, 15) is 27.6 Å². The standard InChI is InChI=1S/C23H23F3N2O5/c1-22(2,20(31)27-18(19(29)30)11-23(24,25)26)28-21(32)33-12-17-15-9-5-3-7-13(15)14-8-4-6-10-16(14)17/h3-10,17-18H,11-12H2,1-2H3,(H,27,31)(H,28,32)(H,29,30). The number of carboxylic acid groups (broad SMARTS) is 1. The Morgan fingerprint density at radius 2 is 1.52 bits per heavy atom. The second-order valence-electron chi connectivity index (χ2n) is 8.26. The Balaban J connectivity index is 1.63. The van der Waals surface area contributed by atoms with Crippen molar-refractivity contribution in [2.24, 2.45) is 0 Å². The minimum atomic E-state index is -4.79. The average molecular weight is 464 g/mol. The highest BCUT2D eigenvalue weighted by atomic mass is 19.4. The molecule has 1 aliphatic rings. The van der Waals surface area contributed by atoms with Crippen LogP contribution < -0.4 is 10.6 Å². The summed E-state index contributed by atoms with van der Waals surface area (Å²) in [7, 11) is 0. The summed E-state index contributed by atoms with van der Waals surface area (Å²) in [6.45, 7) is 2.44. The Labute approximate surface area is 187 Å². The lowest BCUT2D eigenvalue weighted by molar-refractivity contribution is -0.160. The molecule has 0 aromatic heterocycles. The molecule has 1 unspecified atom stereocenters. The summed E-state index contributed by atoms with van der Waals surface area (Å²) in [5, 5.41) is 13.1. The topological polar surface area (TPSA) is 105 Å². The van der Waals surface area contributed by atoms with Gasteiger partial charge in [0.25, 0.3) is 0 Å². The number of carbonyl (C=O) groups is 3. The minimum absolute atomic E-state index is 0.0244. The molecule has 3 N–H and O–H groups in total. The number of alkyl carbamates (subject to hydrolysis) is 1. The fourth-order valence-electron chi connectivity index (χ4n) is 3.72. The van der Waals surface area contributed by atoms with E-state index in [1.807, 2.05) is 53.8 Å². The van der Waals surface area contributed by atoms with Gasteiger partial charge in [0, 0.05) is 5.92 Å². The van der Waals surface area contributed by atoms with Crippen LogP contribution in [0, 0.1) is 0 Å². The number of alkyl halides is 3. The van der Waals surface area contributed by atoms with Crippen molar-refractivity contribution in [2.75, 3.05) is 6.61 Å². The molecule has 10 heteroatoms. The molecule has 0 spiro atoms. The van der Waals surface area contributed by atoms with E-state index in [1.54, 1.807) is 0 Å². The molecule has 1 aliphatic carbocycles. The first kappa shape index (κ1) is 24.1. The van der Waals surface area contributed by atoms with E-state index in [0.29, 0.717) is 0 Å². The Morgan fingerprint density at radius 1 is 1.00 bits per heavy atom. The summed E-state index contributed by atoms with van der Waals surface area (Å²) in [4.78, 5) is 35.8. The van der Waals surface area contributed by atoms with Crippen LogP contribution in [0.5, 0.6) is 0 Å². The first-order valence-corrected chi connectivity index (χ1v) is 10.1. The zero-order chi connectivity index (χ0) is 24.4. The van der Waals surface area contributed by atoms with Crippen LogP contribution in [0.1, 0.15) is 37.3 Å². The Hall–Kier alpha value is -3.56. The van der Waals surface area contributed by atoms with Crippen molar-refractivity contribution in [3.8, 4) is 11.1 Å². The lowest BCUT2D eigenvalue weighted by Gasteiger charge is -2.27. The second-order valence-corrected chi connectivity index (χ2v) is 8.26. The molecule has 0 bridgehead atoms. The number of rotatable bonds is 7. The van der Waals surface area contributed by atoms with Crippen molar-refractivity contribution in [2.45, 2.75) is 43.9 Å². The summed E-state index contributed by atoms with van der Waals surface area (Å²) < 4.78 is 43.1. The van der Waals surface area contributed by atoms with E-state index in [0.717, 1.165) is 22.3 Å². The number of fused-ring (bicyclic) bond motifs is 3. The summed E-state index contributed by atoms with van der Waals surface area (Å²) >= 11 is 0. The van der Waals surface area contributed by atoms with E-state index in [4.69, 9.17) is 9.84 Å². The number of carboxylic acids is 1. The number of halogens is 3. The SMILES string of the molecule is CC(C)(NC(=O)OCC1c2ccccc2-c2ccccc21)C(=O)NC(CC(F)(F)F)C(=O)O. The highest BCUT2D eigenvalue weighted by Crippen LogP contribution is 2.44. The fourth-order valence-corrected chi connectivity index (χ4v) is 3.72. The summed E-state index contributed by atoms with van der Waals surface area (Å²) in [5.74, 6) is -3.14.